The summed E-state index contributed by atoms with van der Waals surface area (Å²) in [6.07, 6.45) is 0. The van der Waals surface area contributed by atoms with Crippen LogP contribution in [0.25, 0.3) is 22.4 Å². The summed E-state index contributed by atoms with van der Waals surface area (Å²) < 4.78 is 0. The Kier molecular flexibility index (Phi) is 3.09. The number of hydrogen-bond acceptors (Lipinski definition) is 3. The Balaban J connectivity index is 2.19. The highest BCUT2D eigenvalue weighted by Gasteiger charge is 2.10. The quantitative estimate of drug-likeness (QED) is 0.627. The van der Waals surface area contributed by atoms with Gasteiger partial charge in [-0.2, -0.15) is 0 Å². The van der Waals surface area contributed by atoms with Crippen molar-refractivity contribution >= 4 is 34.1 Å². The average molecular weight is 290 g/mol. The maximum Gasteiger partial charge on any atom is 0.181 e. The zero-order valence-corrected chi connectivity index (χ0v) is 11.6. The molecule has 3 rings (SSSR count). The molecule has 0 radical (unpaired) electrons. The number of aromatic nitrogens is 3. The molecular weight excluding hydrogens is 281 g/mol. The van der Waals surface area contributed by atoms with Crippen molar-refractivity contribution in [3.63, 3.8) is 0 Å². The predicted octanol–water partition coefficient (Wildman–Crippen LogP) is 4.31. The number of pyridine rings is 1. The summed E-state index contributed by atoms with van der Waals surface area (Å²) in [5.74, 6) is 0.436. The van der Waals surface area contributed by atoms with Gasteiger partial charge < -0.3 is 0 Å². The second-order valence-electron chi connectivity index (χ2n) is 4.14. The summed E-state index contributed by atoms with van der Waals surface area (Å²) in [7, 11) is 0. The molecule has 0 fully saturated rings. The van der Waals surface area contributed by atoms with Crippen LogP contribution < -0.4 is 0 Å². The zero-order valence-electron chi connectivity index (χ0n) is 10.1. The molecule has 0 aliphatic heterocycles. The summed E-state index contributed by atoms with van der Waals surface area (Å²) in [4.78, 5) is 13.0. The van der Waals surface area contributed by atoms with E-state index in [0.29, 0.717) is 27.4 Å². The van der Waals surface area contributed by atoms with Gasteiger partial charge in [0.25, 0.3) is 0 Å². The Labute approximate surface area is 120 Å². The largest absolute Gasteiger partial charge is 0.244 e. The fraction of sp³-hybridized carbons (Fsp3) is 0.0714. The second-order valence-corrected chi connectivity index (χ2v) is 4.86. The highest BCUT2D eigenvalue weighted by atomic mass is 35.5. The maximum atomic E-state index is 6.02. The van der Waals surface area contributed by atoms with Crippen molar-refractivity contribution in [1.82, 2.24) is 15.0 Å². The summed E-state index contributed by atoms with van der Waals surface area (Å²) in [5.41, 5.74) is 2.21. The second kappa shape index (κ2) is 4.76. The molecule has 0 unspecified atom stereocenters. The van der Waals surface area contributed by atoms with Crippen LogP contribution in [0.2, 0.25) is 10.3 Å². The highest BCUT2D eigenvalue weighted by Crippen LogP contribution is 2.24. The molecule has 3 aromatic rings. The number of hydrogen-bond donors (Lipinski definition) is 0. The highest BCUT2D eigenvalue weighted by molar-refractivity contribution is 6.34. The molecule has 0 atom stereocenters. The average Bonchev–Trinajstić information content (AvgIpc) is 2.43. The fourth-order valence-corrected chi connectivity index (χ4v) is 2.16. The van der Waals surface area contributed by atoms with Crippen molar-refractivity contribution in [2.75, 3.05) is 0 Å². The molecular formula is C14H9Cl2N3. The van der Waals surface area contributed by atoms with Gasteiger partial charge in [0.15, 0.2) is 5.82 Å². The first-order chi connectivity index (χ1) is 9.15. The maximum absolute atomic E-state index is 6.02. The topological polar surface area (TPSA) is 38.7 Å². The van der Waals surface area contributed by atoms with Crippen molar-refractivity contribution in [1.29, 1.82) is 0 Å². The van der Waals surface area contributed by atoms with Crippen LogP contribution in [-0.2, 0) is 0 Å². The Morgan fingerprint density at radius 3 is 2.26 bits per heavy atom. The molecule has 2 aromatic heterocycles. The molecule has 2 heterocycles. The van der Waals surface area contributed by atoms with Crippen molar-refractivity contribution < 1.29 is 0 Å². The van der Waals surface area contributed by atoms with Gasteiger partial charge in [-0.25, -0.2) is 15.0 Å². The molecule has 5 heteroatoms. The first-order valence-corrected chi connectivity index (χ1v) is 6.46. The Bertz CT molecular complexity index is 748. The normalized spacial score (nSPS) is 10.9. The minimum Gasteiger partial charge on any atom is -0.244 e. The summed E-state index contributed by atoms with van der Waals surface area (Å²) in [6, 6.07) is 11.7. The lowest BCUT2D eigenvalue weighted by Crippen LogP contribution is -1.96. The Morgan fingerprint density at radius 2 is 1.53 bits per heavy atom. The fourth-order valence-electron chi connectivity index (χ4n) is 1.77. The van der Waals surface area contributed by atoms with Crippen LogP contribution in [0.1, 0.15) is 5.56 Å². The van der Waals surface area contributed by atoms with E-state index in [1.807, 2.05) is 36.4 Å². The van der Waals surface area contributed by atoms with E-state index in [1.165, 1.54) is 0 Å². The van der Waals surface area contributed by atoms with Crippen molar-refractivity contribution in [2.45, 2.75) is 6.92 Å². The van der Waals surface area contributed by atoms with E-state index in [1.54, 1.807) is 6.92 Å². The van der Waals surface area contributed by atoms with Crippen molar-refractivity contribution in [3.8, 4) is 11.5 Å². The van der Waals surface area contributed by atoms with Gasteiger partial charge in [0.2, 0.25) is 0 Å². The molecule has 94 valence electrons. The van der Waals surface area contributed by atoms with E-state index in [9.17, 15) is 0 Å². The monoisotopic (exact) mass is 289 g/mol. The third kappa shape index (κ3) is 2.27. The van der Waals surface area contributed by atoms with Crippen LogP contribution in [0.15, 0.2) is 36.4 Å². The lowest BCUT2D eigenvalue weighted by Gasteiger charge is -2.05. The van der Waals surface area contributed by atoms with Gasteiger partial charge in [-0.3, -0.25) is 0 Å². The van der Waals surface area contributed by atoms with E-state index >= 15 is 0 Å². The number of nitrogens with zero attached hydrogens (tertiary/aromatic N) is 3. The third-order valence-corrected chi connectivity index (χ3v) is 3.59. The predicted molar refractivity (Wildman–Crippen MR) is 77.5 cm³/mol. The van der Waals surface area contributed by atoms with Gasteiger partial charge in [-0.15, -0.1) is 0 Å². The van der Waals surface area contributed by atoms with E-state index < -0.39 is 0 Å². The number of benzene rings is 1. The first-order valence-electron chi connectivity index (χ1n) is 5.71. The molecule has 0 bridgehead atoms. The third-order valence-electron chi connectivity index (χ3n) is 2.85. The van der Waals surface area contributed by atoms with Gasteiger partial charge in [0.05, 0.1) is 5.52 Å². The van der Waals surface area contributed by atoms with Gasteiger partial charge >= 0.3 is 0 Å². The molecule has 0 N–H and O–H groups in total. The van der Waals surface area contributed by atoms with Gasteiger partial charge in [-0.1, -0.05) is 47.5 Å². The molecule has 0 aliphatic rings. The zero-order chi connectivity index (χ0) is 13.4. The van der Waals surface area contributed by atoms with Crippen LogP contribution in [0.3, 0.4) is 0 Å². The summed E-state index contributed by atoms with van der Waals surface area (Å²) in [5, 5.41) is 1.77. The molecule has 19 heavy (non-hydrogen) atoms. The number of para-hydroxylation sites is 1. The van der Waals surface area contributed by atoms with Crippen molar-refractivity contribution in [3.05, 3.63) is 52.3 Å². The van der Waals surface area contributed by atoms with Crippen LogP contribution >= 0.6 is 23.2 Å². The number of fused-ring (bicyclic) bond motifs is 1. The smallest absolute Gasteiger partial charge is 0.181 e. The first kappa shape index (κ1) is 12.3. The van der Waals surface area contributed by atoms with E-state index in [2.05, 4.69) is 15.0 Å². The van der Waals surface area contributed by atoms with Crippen LogP contribution in [-0.4, -0.2) is 15.0 Å². The number of rotatable bonds is 1. The van der Waals surface area contributed by atoms with Crippen LogP contribution in [0, 0.1) is 6.92 Å². The molecule has 0 aliphatic carbocycles. The molecule has 0 spiro atoms. The molecule has 0 amide bonds. The molecule has 0 saturated carbocycles. The van der Waals surface area contributed by atoms with Gasteiger partial charge in [0.1, 0.15) is 16.0 Å². The number of halogens is 2. The van der Waals surface area contributed by atoms with Crippen LogP contribution in [0.5, 0.6) is 0 Å². The van der Waals surface area contributed by atoms with E-state index in [0.717, 1.165) is 10.9 Å². The summed E-state index contributed by atoms with van der Waals surface area (Å²) in [6.45, 7) is 1.78. The molecule has 0 saturated heterocycles. The Hall–Kier alpha value is -1.71. The lowest BCUT2D eigenvalue weighted by molar-refractivity contribution is 1.12. The standard InChI is InChI=1S/C14H9Cl2N3/c1-8-12(15)18-14(19-13(8)16)11-7-6-9-4-2-3-5-10(9)17-11/h2-7H,1H3. The molecule has 1 aromatic carbocycles. The lowest BCUT2D eigenvalue weighted by atomic mass is 10.2. The van der Waals surface area contributed by atoms with Gasteiger partial charge in [-0.05, 0) is 19.1 Å². The van der Waals surface area contributed by atoms with Gasteiger partial charge in [0, 0.05) is 10.9 Å². The van der Waals surface area contributed by atoms with Crippen molar-refractivity contribution in [2.24, 2.45) is 0 Å². The van der Waals surface area contributed by atoms with E-state index in [4.69, 9.17) is 23.2 Å². The minimum atomic E-state index is 0.352. The summed E-state index contributed by atoms with van der Waals surface area (Å²) >= 11 is 12.0. The SMILES string of the molecule is Cc1c(Cl)nc(-c2ccc3ccccc3n2)nc1Cl. The molecule has 3 nitrogen and oxygen atoms in total. The Morgan fingerprint density at radius 1 is 0.842 bits per heavy atom. The van der Waals surface area contributed by atoms with E-state index in [-0.39, 0.29) is 0 Å². The van der Waals surface area contributed by atoms with Crippen LogP contribution in [0.4, 0.5) is 0 Å². The minimum absolute atomic E-state index is 0.352.